The highest BCUT2D eigenvalue weighted by molar-refractivity contribution is 5.96. The Morgan fingerprint density at radius 3 is 2.29 bits per heavy atom. The van der Waals surface area contributed by atoms with Gasteiger partial charge in [-0.05, 0) is 33.1 Å². The first kappa shape index (κ1) is 17.5. The van der Waals surface area contributed by atoms with E-state index in [2.05, 4.69) is 10.4 Å². The van der Waals surface area contributed by atoms with Crippen molar-refractivity contribution >= 4 is 5.91 Å². The molecule has 1 N–H and O–H groups in total. The molecule has 1 aromatic heterocycles. The number of hydrogen-bond donors (Lipinski definition) is 1. The second-order valence-corrected chi connectivity index (χ2v) is 5.78. The predicted molar refractivity (Wildman–Crippen MR) is 74.1 cm³/mol. The fraction of sp³-hybridized carbons (Fsp3) is 0.714. The van der Waals surface area contributed by atoms with Gasteiger partial charge in [-0.2, -0.15) is 18.3 Å². The lowest BCUT2D eigenvalue weighted by atomic mass is 10.1. The molecule has 0 radical (unpaired) electrons. The van der Waals surface area contributed by atoms with Crippen LogP contribution in [0.15, 0.2) is 0 Å². The lowest BCUT2D eigenvalue weighted by Gasteiger charge is -2.10. The number of nitrogens with one attached hydrogen (secondary N) is 1. The van der Waals surface area contributed by atoms with E-state index >= 15 is 0 Å². The van der Waals surface area contributed by atoms with Crippen LogP contribution in [0, 0.1) is 12.8 Å². The average Bonchev–Trinajstić information content (AvgIpc) is 2.66. The van der Waals surface area contributed by atoms with Gasteiger partial charge >= 0.3 is 6.18 Å². The molecule has 0 unspecified atom stereocenters. The summed E-state index contributed by atoms with van der Waals surface area (Å²) in [5.41, 5.74) is -1.25. The number of hydrogen-bond acceptors (Lipinski definition) is 2. The zero-order chi connectivity index (χ0) is 16.4. The molecule has 21 heavy (non-hydrogen) atoms. The van der Waals surface area contributed by atoms with E-state index in [0.717, 1.165) is 0 Å². The maximum atomic E-state index is 13.1. The summed E-state index contributed by atoms with van der Waals surface area (Å²) in [6.07, 6.45) is -3.93. The first-order valence-corrected chi connectivity index (χ1v) is 7.00. The Morgan fingerprint density at radius 2 is 1.86 bits per heavy atom. The largest absolute Gasteiger partial charge is 0.435 e. The minimum atomic E-state index is -4.64. The molecular formula is C14H22F3N3O. The zero-order valence-corrected chi connectivity index (χ0v) is 13.0. The molecule has 0 bridgehead atoms. The number of carbonyl (C=O) groups is 1. The third kappa shape index (κ3) is 4.22. The molecule has 0 aliphatic heterocycles. The van der Waals surface area contributed by atoms with Gasteiger partial charge in [0.1, 0.15) is 0 Å². The summed E-state index contributed by atoms with van der Waals surface area (Å²) < 4.78 is 40.4. The molecule has 0 saturated heterocycles. The Balaban J connectivity index is 3.11. The highest BCUT2D eigenvalue weighted by Crippen LogP contribution is 2.33. The van der Waals surface area contributed by atoms with Gasteiger partial charge in [-0.3, -0.25) is 9.48 Å². The van der Waals surface area contributed by atoms with Crippen LogP contribution < -0.4 is 5.32 Å². The van der Waals surface area contributed by atoms with Crippen LogP contribution in [0.5, 0.6) is 0 Å². The van der Waals surface area contributed by atoms with Gasteiger partial charge in [-0.15, -0.1) is 0 Å². The van der Waals surface area contributed by atoms with E-state index < -0.39 is 17.8 Å². The summed E-state index contributed by atoms with van der Waals surface area (Å²) in [6.45, 7) is 9.24. The van der Waals surface area contributed by atoms with Gasteiger partial charge in [0, 0.05) is 18.3 Å². The van der Waals surface area contributed by atoms with Crippen LogP contribution in [0.2, 0.25) is 0 Å². The molecule has 0 aromatic carbocycles. The molecule has 0 spiro atoms. The summed E-state index contributed by atoms with van der Waals surface area (Å²) in [4.78, 5) is 12.1. The van der Waals surface area contributed by atoms with Crippen LogP contribution >= 0.6 is 0 Å². The van der Waals surface area contributed by atoms with Crippen molar-refractivity contribution in [3.05, 3.63) is 17.0 Å². The van der Waals surface area contributed by atoms with Crippen LogP contribution in [-0.2, 0) is 6.18 Å². The smallest absolute Gasteiger partial charge is 0.352 e. The second kappa shape index (κ2) is 6.49. The molecule has 7 heteroatoms. The Kier molecular flexibility index (Phi) is 5.42. The van der Waals surface area contributed by atoms with Crippen molar-refractivity contribution in [1.82, 2.24) is 15.1 Å². The van der Waals surface area contributed by atoms with E-state index in [1.54, 1.807) is 13.8 Å². The quantitative estimate of drug-likeness (QED) is 0.904. The molecule has 1 rings (SSSR count). The van der Waals surface area contributed by atoms with Crippen molar-refractivity contribution < 1.29 is 18.0 Å². The number of rotatable bonds is 5. The van der Waals surface area contributed by atoms with Gasteiger partial charge in [0.05, 0.1) is 5.56 Å². The minimum absolute atomic E-state index is 0.236. The van der Waals surface area contributed by atoms with Gasteiger partial charge in [0.25, 0.3) is 5.91 Å². The number of nitrogens with zero attached hydrogens (tertiary/aromatic N) is 2. The highest BCUT2D eigenvalue weighted by atomic mass is 19.4. The van der Waals surface area contributed by atoms with E-state index in [9.17, 15) is 18.0 Å². The van der Waals surface area contributed by atoms with Crippen LogP contribution in [0.25, 0.3) is 0 Å². The third-order valence-corrected chi connectivity index (χ3v) is 3.14. The SMILES string of the molecule is Cc1c(C(=O)NCCC(C)C)c(C(F)(F)F)nn1C(C)C. The lowest BCUT2D eigenvalue weighted by molar-refractivity contribution is -0.141. The fourth-order valence-corrected chi connectivity index (χ4v) is 2.05. The number of alkyl halides is 3. The molecule has 120 valence electrons. The average molecular weight is 305 g/mol. The van der Waals surface area contributed by atoms with Gasteiger partial charge < -0.3 is 5.32 Å². The normalized spacial score (nSPS) is 12.3. The molecule has 1 aromatic rings. The van der Waals surface area contributed by atoms with Crippen LogP contribution in [0.4, 0.5) is 13.2 Å². The van der Waals surface area contributed by atoms with Gasteiger partial charge in [-0.25, -0.2) is 0 Å². The van der Waals surface area contributed by atoms with Crippen LogP contribution in [-0.4, -0.2) is 22.2 Å². The third-order valence-electron chi connectivity index (χ3n) is 3.14. The Hall–Kier alpha value is -1.53. The molecule has 0 atom stereocenters. The topological polar surface area (TPSA) is 46.9 Å². The fourth-order valence-electron chi connectivity index (χ4n) is 2.05. The van der Waals surface area contributed by atoms with Gasteiger partial charge in [0.15, 0.2) is 5.69 Å². The van der Waals surface area contributed by atoms with Crippen molar-refractivity contribution in [2.45, 2.75) is 53.3 Å². The molecule has 4 nitrogen and oxygen atoms in total. The number of amides is 1. The standard InChI is InChI=1S/C14H22F3N3O/c1-8(2)6-7-18-13(21)11-10(5)20(9(3)4)19-12(11)14(15,16)17/h8-9H,6-7H2,1-5H3,(H,18,21). The van der Waals surface area contributed by atoms with Crippen molar-refractivity contribution in [2.24, 2.45) is 5.92 Å². The van der Waals surface area contributed by atoms with Gasteiger partial charge in [0.2, 0.25) is 0 Å². The zero-order valence-electron chi connectivity index (χ0n) is 13.0. The molecule has 0 fully saturated rings. The molecular weight excluding hydrogens is 283 g/mol. The van der Waals surface area contributed by atoms with Crippen molar-refractivity contribution in [2.75, 3.05) is 6.54 Å². The minimum Gasteiger partial charge on any atom is -0.352 e. The van der Waals surface area contributed by atoms with E-state index in [4.69, 9.17) is 0 Å². The number of halogens is 3. The summed E-state index contributed by atoms with van der Waals surface area (Å²) in [5.74, 6) is -0.348. The Labute approximate surface area is 122 Å². The van der Waals surface area contributed by atoms with Crippen LogP contribution in [0.3, 0.4) is 0 Å². The Morgan fingerprint density at radius 1 is 1.29 bits per heavy atom. The summed E-state index contributed by atoms with van der Waals surface area (Å²) in [6, 6.07) is -0.247. The van der Waals surface area contributed by atoms with E-state index in [1.165, 1.54) is 11.6 Å². The van der Waals surface area contributed by atoms with E-state index in [0.29, 0.717) is 18.9 Å². The van der Waals surface area contributed by atoms with Gasteiger partial charge in [-0.1, -0.05) is 13.8 Å². The molecule has 0 saturated carbocycles. The highest BCUT2D eigenvalue weighted by Gasteiger charge is 2.40. The number of aromatic nitrogens is 2. The summed E-state index contributed by atoms with van der Waals surface area (Å²) >= 11 is 0. The summed E-state index contributed by atoms with van der Waals surface area (Å²) in [5, 5.41) is 6.12. The first-order chi connectivity index (χ1) is 9.55. The molecule has 1 heterocycles. The van der Waals surface area contributed by atoms with Crippen molar-refractivity contribution in [3.8, 4) is 0 Å². The van der Waals surface area contributed by atoms with Crippen LogP contribution in [0.1, 0.15) is 61.9 Å². The second-order valence-electron chi connectivity index (χ2n) is 5.78. The molecule has 1 amide bonds. The maximum Gasteiger partial charge on any atom is 0.435 e. The number of carbonyl (C=O) groups excluding carboxylic acids is 1. The van der Waals surface area contributed by atoms with E-state index in [-0.39, 0.29) is 17.3 Å². The molecule has 0 aliphatic carbocycles. The summed E-state index contributed by atoms with van der Waals surface area (Å²) in [7, 11) is 0. The molecule has 0 aliphatic rings. The lowest BCUT2D eigenvalue weighted by Crippen LogP contribution is -2.28. The predicted octanol–water partition coefficient (Wildman–Crippen LogP) is 3.57. The monoisotopic (exact) mass is 305 g/mol. The van der Waals surface area contributed by atoms with Crippen molar-refractivity contribution in [3.63, 3.8) is 0 Å². The maximum absolute atomic E-state index is 13.1. The first-order valence-electron chi connectivity index (χ1n) is 7.00. The van der Waals surface area contributed by atoms with Crippen molar-refractivity contribution in [1.29, 1.82) is 0 Å². The Bertz CT molecular complexity index is 504. The van der Waals surface area contributed by atoms with E-state index in [1.807, 2.05) is 13.8 Å².